The van der Waals surface area contributed by atoms with Gasteiger partial charge in [-0.25, -0.2) is 9.97 Å². The van der Waals surface area contributed by atoms with E-state index >= 15 is 0 Å². The Hall–Kier alpha value is -7.50. The first-order valence-corrected chi connectivity index (χ1v) is 20.4. The van der Waals surface area contributed by atoms with Crippen molar-refractivity contribution in [3.8, 4) is 28.5 Å². The number of anilines is 2. The van der Waals surface area contributed by atoms with Crippen molar-refractivity contribution >= 4 is 60.7 Å². The van der Waals surface area contributed by atoms with E-state index in [9.17, 15) is 0 Å². The number of rotatable bonds is 5. The Bertz CT molecular complexity index is 3310. The Morgan fingerprint density at radius 3 is 1.68 bits per heavy atom. The molecule has 0 fully saturated rings. The molecule has 59 heavy (non-hydrogen) atoms. The number of aryl methyl sites for hydroxylation is 2. The van der Waals surface area contributed by atoms with Crippen LogP contribution in [0.5, 0.6) is 0 Å². The van der Waals surface area contributed by atoms with Gasteiger partial charge in [0.2, 0.25) is 5.95 Å². The van der Waals surface area contributed by atoms with Crippen LogP contribution in [0.3, 0.4) is 0 Å². The third kappa shape index (κ3) is 5.18. The first kappa shape index (κ1) is 33.6. The Morgan fingerprint density at radius 1 is 0.492 bits per heavy atom. The van der Waals surface area contributed by atoms with E-state index < -0.39 is 0 Å². The highest BCUT2D eigenvalue weighted by Crippen LogP contribution is 2.53. The molecule has 1 aliphatic carbocycles. The van der Waals surface area contributed by atoms with Crippen LogP contribution in [0.15, 0.2) is 188 Å². The topological polar surface area (TPSA) is 38.9 Å². The summed E-state index contributed by atoms with van der Waals surface area (Å²) in [6.45, 7) is 4.38. The molecular formula is C54H39N5. The first-order chi connectivity index (χ1) is 29.1. The van der Waals surface area contributed by atoms with E-state index in [4.69, 9.17) is 9.97 Å². The van der Waals surface area contributed by atoms with Gasteiger partial charge >= 0.3 is 0 Å². The van der Waals surface area contributed by atoms with Crippen LogP contribution in [-0.2, 0) is 0 Å². The van der Waals surface area contributed by atoms with E-state index in [1.165, 1.54) is 72.0 Å². The standard InChI is InChI=1S/C54H39N5/c1-34-29-35(2)31-39(30-34)58-46-22-12-9-19-40(46)43-32-38(25-26-49(43)58)57-47-23-13-10-20-41(47)52-50(57)27-28-51-53(52)42-21-11-14-24-48(42)59(51)54-55-44(36-15-5-3-6-16-36)33-45(56-54)37-17-7-4-8-18-37/h3-31,33,43H,32H2,1-2H3. The molecule has 5 nitrogen and oxygen atoms in total. The minimum atomic E-state index is 0.238. The highest BCUT2D eigenvalue weighted by atomic mass is 15.2. The molecule has 10 aromatic rings. The normalized spacial score (nSPS) is 14.9. The monoisotopic (exact) mass is 757 g/mol. The molecule has 1 atom stereocenters. The maximum Gasteiger partial charge on any atom is 0.235 e. The van der Waals surface area contributed by atoms with Crippen LogP contribution in [0, 0.1) is 13.8 Å². The summed E-state index contributed by atoms with van der Waals surface area (Å²) in [5.41, 5.74) is 17.5. The maximum atomic E-state index is 5.31. The number of benzene rings is 7. The summed E-state index contributed by atoms with van der Waals surface area (Å²) in [7, 11) is 0. The average molecular weight is 758 g/mol. The van der Waals surface area contributed by atoms with Crippen molar-refractivity contribution in [2.24, 2.45) is 0 Å². The zero-order valence-corrected chi connectivity index (χ0v) is 32.8. The summed E-state index contributed by atoms with van der Waals surface area (Å²) in [5, 5.41) is 4.87. The van der Waals surface area contributed by atoms with Crippen LogP contribution in [0.4, 0.5) is 11.4 Å². The van der Waals surface area contributed by atoms with Crippen molar-refractivity contribution in [3.63, 3.8) is 0 Å². The summed E-state index contributed by atoms with van der Waals surface area (Å²) in [6.07, 6.45) is 5.62. The second kappa shape index (κ2) is 13.0. The highest BCUT2D eigenvalue weighted by Gasteiger charge is 2.37. The number of aromatic nitrogens is 4. The predicted octanol–water partition coefficient (Wildman–Crippen LogP) is 13.7. The summed E-state index contributed by atoms with van der Waals surface area (Å²) in [5.74, 6) is 0.891. The second-order valence-corrected chi connectivity index (χ2v) is 16.0. The van der Waals surface area contributed by atoms with E-state index in [0.717, 1.165) is 40.0 Å². The lowest BCUT2D eigenvalue weighted by atomic mass is 9.90. The second-order valence-electron chi connectivity index (χ2n) is 16.0. The molecule has 3 aromatic heterocycles. The molecule has 7 aromatic carbocycles. The zero-order valence-electron chi connectivity index (χ0n) is 32.8. The van der Waals surface area contributed by atoms with Gasteiger partial charge in [-0.2, -0.15) is 0 Å². The SMILES string of the molecule is Cc1cc(C)cc(N2C3=CC=C(n4c5ccccc5c5c6c7ccccc7n(-c7nc(-c8ccccc8)cc(-c8ccccc8)n7)c6ccc54)CC3c3ccccc32)c1. The lowest BCUT2D eigenvalue weighted by Gasteiger charge is -2.27. The lowest BCUT2D eigenvalue weighted by Crippen LogP contribution is -2.16. The minimum absolute atomic E-state index is 0.238. The summed E-state index contributed by atoms with van der Waals surface area (Å²) < 4.78 is 4.78. The molecule has 280 valence electrons. The van der Waals surface area contributed by atoms with E-state index in [1.807, 2.05) is 12.1 Å². The van der Waals surface area contributed by atoms with Gasteiger partial charge in [0, 0.05) is 67.8 Å². The van der Waals surface area contributed by atoms with Crippen LogP contribution < -0.4 is 4.90 Å². The summed E-state index contributed by atoms with van der Waals surface area (Å²) in [4.78, 5) is 13.1. The third-order valence-electron chi connectivity index (χ3n) is 12.3. The smallest absolute Gasteiger partial charge is 0.235 e. The fourth-order valence-corrected chi connectivity index (χ4v) is 9.93. The molecule has 0 saturated heterocycles. The van der Waals surface area contributed by atoms with Crippen LogP contribution in [0.1, 0.15) is 29.0 Å². The van der Waals surface area contributed by atoms with Crippen molar-refractivity contribution in [1.29, 1.82) is 0 Å². The Kier molecular flexibility index (Phi) is 7.42. The van der Waals surface area contributed by atoms with Crippen molar-refractivity contribution in [3.05, 3.63) is 204 Å². The molecule has 0 saturated carbocycles. The molecule has 0 bridgehead atoms. The predicted molar refractivity (Wildman–Crippen MR) is 244 cm³/mol. The van der Waals surface area contributed by atoms with Gasteiger partial charge in [-0.3, -0.25) is 4.57 Å². The van der Waals surface area contributed by atoms with Crippen molar-refractivity contribution in [1.82, 2.24) is 19.1 Å². The Morgan fingerprint density at radius 2 is 1.03 bits per heavy atom. The molecule has 0 spiro atoms. The van der Waals surface area contributed by atoms with Crippen molar-refractivity contribution in [2.45, 2.75) is 26.2 Å². The minimum Gasteiger partial charge on any atom is -0.313 e. The molecule has 0 N–H and O–H groups in total. The molecule has 2 aliphatic rings. The quantitative estimate of drug-likeness (QED) is 0.175. The van der Waals surface area contributed by atoms with Gasteiger partial charge in [-0.05, 0) is 91.2 Å². The van der Waals surface area contributed by atoms with Gasteiger partial charge in [-0.1, -0.05) is 121 Å². The highest BCUT2D eigenvalue weighted by molar-refractivity contribution is 6.29. The molecule has 5 heteroatoms. The number of nitrogens with zero attached hydrogens (tertiary/aromatic N) is 5. The van der Waals surface area contributed by atoms with E-state index in [-0.39, 0.29) is 5.92 Å². The molecule has 1 aliphatic heterocycles. The van der Waals surface area contributed by atoms with Crippen molar-refractivity contribution in [2.75, 3.05) is 4.90 Å². The zero-order chi connectivity index (χ0) is 39.2. The van der Waals surface area contributed by atoms with E-state index in [2.05, 4.69) is 198 Å². The van der Waals surface area contributed by atoms with Gasteiger partial charge in [0.05, 0.1) is 33.5 Å². The van der Waals surface area contributed by atoms with Crippen LogP contribution in [-0.4, -0.2) is 19.1 Å². The molecule has 12 rings (SSSR count). The largest absolute Gasteiger partial charge is 0.313 e. The van der Waals surface area contributed by atoms with Crippen LogP contribution in [0.25, 0.3) is 77.8 Å². The van der Waals surface area contributed by atoms with Gasteiger partial charge < -0.3 is 9.47 Å². The van der Waals surface area contributed by atoms with Gasteiger partial charge in [0.25, 0.3) is 0 Å². The molecule has 1 unspecified atom stereocenters. The van der Waals surface area contributed by atoms with Crippen LogP contribution >= 0.6 is 0 Å². The number of hydrogen-bond acceptors (Lipinski definition) is 3. The number of hydrogen-bond donors (Lipinski definition) is 0. The lowest BCUT2D eigenvalue weighted by molar-refractivity contribution is 0.807. The molecular weight excluding hydrogens is 719 g/mol. The van der Waals surface area contributed by atoms with E-state index in [1.54, 1.807) is 0 Å². The Balaban J connectivity index is 1.09. The number of fused-ring (bicyclic) bond motifs is 10. The molecule has 0 amide bonds. The van der Waals surface area contributed by atoms with Crippen molar-refractivity contribution < 1.29 is 0 Å². The fraction of sp³-hybridized carbons (Fsp3) is 0.0741. The van der Waals surface area contributed by atoms with Gasteiger partial charge in [-0.15, -0.1) is 0 Å². The molecule has 0 radical (unpaired) electrons. The summed E-state index contributed by atoms with van der Waals surface area (Å²) in [6, 6.07) is 61.0. The third-order valence-corrected chi connectivity index (χ3v) is 12.3. The van der Waals surface area contributed by atoms with Crippen LogP contribution in [0.2, 0.25) is 0 Å². The fourth-order valence-electron chi connectivity index (χ4n) is 9.93. The average Bonchev–Trinajstić information content (AvgIpc) is 3.92. The first-order valence-electron chi connectivity index (χ1n) is 20.4. The van der Waals surface area contributed by atoms with E-state index in [0.29, 0.717) is 5.95 Å². The molecule has 4 heterocycles. The summed E-state index contributed by atoms with van der Waals surface area (Å²) >= 11 is 0. The van der Waals surface area contributed by atoms with Gasteiger partial charge in [0.1, 0.15) is 0 Å². The number of allylic oxidation sites excluding steroid dienone is 4. The maximum absolute atomic E-state index is 5.31. The number of para-hydroxylation sites is 3. The van der Waals surface area contributed by atoms with Gasteiger partial charge in [0.15, 0.2) is 0 Å². The Labute approximate surface area is 342 Å².